The van der Waals surface area contributed by atoms with Gasteiger partial charge in [-0.25, -0.2) is 0 Å². The molecule has 1 N–H and O–H groups in total. The fourth-order valence-corrected chi connectivity index (χ4v) is 3.98. The molecule has 5 nitrogen and oxygen atoms in total. The summed E-state index contributed by atoms with van der Waals surface area (Å²) in [5.74, 6) is 2.44. The summed E-state index contributed by atoms with van der Waals surface area (Å²) in [5.41, 5.74) is 2.53. The largest absolute Gasteiger partial charge is 0.493 e. The zero-order chi connectivity index (χ0) is 21.8. The third-order valence-corrected chi connectivity index (χ3v) is 5.74. The summed E-state index contributed by atoms with van der Waals surface area (Å²) >= 11 is 18.9. The molecular weight excluding hydrogens is 461 g/mol. The maximum atomic E-state index is 6.50. The van der Waals surface area contributed by atoms with Crippen molar-refractivity contribution in [1.82, 2.24) is 0 Å². The molecule has 1 aliphatic rings. The second kappa shape index (κ2) is 9.77. The van der Waals surface area contributed by atoms with Crippen LogP contribution in [-0.4, -0.2) is 20.3 Å². The molecule has 0 aromatic heterocycles. The fraction of sp³-hybridized carbons (Fsp3) is 0.217. The minimum Gasteiger partial charge on any atom is -0.493 e. The molecule has 31 heavy (non-hydrogen) atoms. The van der Waals surface area contributed by atoms with Crippen molar-refractivity contribution < 1.29 is 18.9 Å². The van der Waals surface area contributed by atoms with E-state index in [0.717, 1.165) is 22.7 Å². The average molecular weight is 481 g/mol. The lowest BCUT2D eigenvalue weighted by Crippen LogP contribution is -2.15. The van der Waals surface area contributed by atoms with Crippen LogP contribution in [0.4, 0.5) is 5.69 Å². The Morgan fingerprint density at radius 3 is 2.39 bits per heavy atom. The Morgan fingerprint density at radius 1 is 0.903 bits per heavy atom. The Morgan fingerprint density at radius 2 is 1.65 bits per heavy atom. The quantitative estimate of drug-likeness (QED) is 0.412. The molecule has 0 saturated carbocycles. The molecule has 0 unspecified atom stereocenters. The SMILES string of the molecule is COc1cc(CNc2ccc3c(c2)OCCO3)cc(Cl)c1OCc1c(Cl)cccc1Cl. The number of ether oxygens (including phenoxy) is 4. The molecule has 0 radical (unpaired) electrons. The molecule has 0 atom stereocenters. The van der Waals surface area contributed by atoms with Gasteiger partial charge in [0.15, 0.2) is 23.0 Å². The van der Waals surface area contributed by atoms with Gasteiger partial charge in [0.1, 0.15) is 19.8 Å². The van der Waals surface area contributed by atoms with E-state index in [2.05, 4.69) is 5.32 Å². The number of nitrogens with one attached hydrogen (secondary N) is 1. The molecular formula is C23H20Cl3NO4. The topological polar surface area (TPSA) is 49.0 Å². The molecule has 0 aliphatic carbocycles. The molecule has 1 aliphatic heterocycles. The van der Waals surface area contributed by atoms with Crippen molar-refractivity contribution in [2.45, 2.75) is 13.2 Å². The second-order valence-corrected chi connectivity index (χ2v) is 8.03. The predicted octanol–water partition coefficient (Wildman–Crippen LogP) is 6.62. The van der Waals surface area contributed by atoms with Gasteiger partial charge in [-0.2, -0.15) is 0 Å². The van der Waals surface area contributed by atoms with Crippen LogP contribution >= 0.6 is 34.8 Å². The molecule has 0 bridgehead atoms. The van der Waals surface area contributed by atoms with E-state index in [4.69, 9.17) is 53.8 Å². The minimum absolute atomic E-state index is 0.170. The lowest BCUT2D eigenvalue weighted by Gasteiger charge is -2.19. The predicted molar refractivity (Wildman–Crippen MR) is 124 cm³/mol. The van der Waals surface area contributed by atoms with E-state index >= 15 is 0 Å². The summed E-state index contributed by atoms with van der Waals surface area (Å²) in [6, 6.07) is 14.8. The van der Waals surface area contributed by atoms with Crippen LogP contribution in [0, 0.1) is 0 Å². The van der Waals surface area contributed by atoms with Crippen LogP contribution in [0.25, 0.3) is 0 Å². The molecule has 0 fully saturated rings. The molecule has 3 aromatic rings. The highest BCUT2D eigenvalue weighted by atomic mass is 35.5. The third kappa shape index (κ3) is 5.06. The monoisotopic (exact) mass is 479 g/mol. The van der Waals surface area contributed by atoms with Gasteiger partial charge in [-0.15, -0.1) is 0 Å². The van der Waals surface area contributed by atoms with Crippen LogP contribution in [0.15, 0.2) is 48.5 Å². The average Bonchev–Trinajstić information content (AvgIpc) is 2.78. The van der Waals surface area contributed by atoms with E-state index < -0.39 is 0 Å². The zero-order valence-corrected chi connectivity index (χ0v) is 19.0. The lowest BCUT2D eigenvalue weighted by atomic mass is 10.2. The van der Waals surface area contributed by atoms with Gasteiger partial charge in [-0.1, -0.05) is 40.9 Å². The number of hydrogen-bond acceptors (Lipinski definition) is 5. The molecule has 1 heterocycles. The van der Waals surface area contributed by atoms with Crippen LogP contribution in [0.2, 0.25) is 15.1 Å². The normalized spacial score (nSPS) is 12.4. The first-order chi connectivity index (χ1) is 15.0. The molecule has 0 amide bonds. The van der Waals surface area contributed by atoms with E-state index in [1.165, 1.54) is 0 Å². The van der Waals surface area contributed by atoms with E-state index in [1.54, 1.807) is 25.3 Å². The first kappa shape index (κ1) is 21.8. The van der Waals surface area contributed by atoms with Gasteiger partial charge in [0.2, 0.25) is 0 Å². The fourth-order valence-electron chi connectivity index (χ4n) is 3.19. The Bertz CT molecular complexity index is 1070. The van der Waals surface area contributed by atoms with Crippen molar-refractivity contribution in [1.29, 1.82) is 0 Å². The Balaban J connectivity index is 1.47. The lowest BCUT2D eigenvalue weighted by molar-refractivity contribution is 0.171. The highest BCUT2D eigenvalue weighted by Gasteiger charge is 2.15. The van der Waals surface area contributed by atoms with Crippen molar-refractivity contribution in [3.63, 3.8) is 0 Å². The van der Waals surface area contributed by atoms with Gasteiger partial charge in [0, 0.05) is 33.9 Å². The third-order valence-electron chi connectivity index (χ3n) is 4.75. The van der Waals surface area contributed by atoms with Gasteiger partial charge in [0.25, 0.3) is 0 Å². The van der Waals surface area contributed by atoms with Crippen molar-refractivity contribution in [3.05, 3.63) is 74.7 Å². The van der Waals surface area contributed by atoms with Crippen LogP contribution in [0.1, 0.15) is 11.1 Å². The second-order valence-electron chi connectivity index (χ2n) is 6.81. The number of hydrogen-bond donors (Lipinski definition) is 1. The summed E-state index contributed by atoms with van der Waals surface area (Å²) in [6.45, 7) is 1.81. The Kier molecular flexibility index (Phi) is 6.86. The smallest absolute Gasteiger partial charge is 0.180 e. The summed E-state index contributed by atoms with van der Waals surface area (Å²) in [5, 5.41) is 4.85. The number of methoxy groups -OCH3 is 1. The van der Waals surface area contributed by atoms with Gasteiger partial charge in [0.05, 0.1) is 12.1 Å². The first-order valence-corrected chi connectivity index (χ1v) is 10.7. The molecule has 162 valence electrons. The zero-order valence-electron chi connectivity index (χ0n) is 16.7. The molecule has 8 heteroatoms. The Hall–Kier alpha value is -2.47. The molecule has 3 aromatic carbocycles. The first-order valence-electron chi connectivity index (χ1n) is 9.61. The summed E-state index contributed by atoms with van der Waals surface area (Å²) < 4.78 is 22.6. The van der Waals surface area contributed by atoms with Crippen LogP contribution in [0.5, 0.6) is 23.0 Å². The minimum atomic E-state index is 0.170. The van der Waals surface area contributed by atoms with E-state index in [9.17, 15) is 0 Å². The van der Waals surface area contributed by atoms with Crippen molar-refractivity contribution >= 4 is 40.5 Å². The van der Waals surface area contributed by atoms with E-state index in [-0.39, 0.29) is 6.61 Å². The maximum Gasteiger partial charge on any atom is 0.180 e. The van der Waals surface area contributed by atoms with Gasteiger partial charge < -0.3 is 24.3 Å². The van der Waals surface area contributed by atoms with Gasteiger partial charge >= 0.3 is 0 Å². The number of fused-ring (bicyclic) bond motifs is 1. The van der Waals surface area contributed by atoms with Crippen molar-refractivity contribution in [2.75, 3.05) is 25.6 Å². The molecule has 0 saturated heterocycles. The Labute approximate surface area is 195 Å². The number of halogens is 3. The van der Waals surface area contributed by atoms with Crippen molar-refractivity contribution in [2.24, 2.45) is 0 Å². The van der Waals surface area contributed by atoms with Gasteiger partial charge in [-0.3, -0.25) is 0 Å². The summed E-state index contributed by atoms with van der Waals surface area (Å²) in [6.07, 6.45) is 0. The highest BCUT2D eigenvalue weighted by Crippen LogP contribution is 2.38. The standard InChI is InChI=1S/C23H20Cl3NO4/c1-28-22-10-14(12-27-15-5-6-20-21(11-15)30-8-7-29-20)9-19(26)23(22)31-13-16-17(24)3-2-4-18(16)25/h2-6,9-11,27H,7-8,12-13H2,1H3. The number of rotatable bonds is 7. The molecule has 0 spiro atoms. The van der Waals surface area contributed by atoms with Crippen LogP contribution in [-0.2, 0) is 13.2 Å². The summed E-state index contributed by atoms with van der Waals surface area (Å²) in [7, 11) is 1.57. The van der Waals surface area contributed by atoms with Crippen LogP contribution < -0.4 is 24.3 Å². The van der Waals surface area contributed by atoms with Crippen LogP contribution in [0.3, 0.4) is 0 Å². The highest BCUT2D eigenvalue weighted by molar-refractivity contribution is 6.36. The van der Waals surface area contributed by atoms with Crippen molar-refractivity contribution in [3.8, 4) is 23.0 Å². The number of anilines is 1. The summed E-state index contributed by atoms with van der Waals surface area (Å²) in [4.78, 5) is 0. The molecule has 4 rings (SSSR count). The van der Waals surface area contributed by atoms with Gasteiger partial charge in [-0.05, 0) is 42.0 Å². The van der Waals surface area contributed by atoms with E-state index in [0.29, 0.717) is 51.9 Å². The van der Waals surface area contributed by atoms with E-state index in [1.807, 2.05) is 30.3 Å². The number of benzene rings is 3. The maximum absolute atomic E-state index is 6.50.